The Bertz CT molecular complexity index is 389. The SMILES string of the molecule is CC(O)CCC(=O)NC(CC(=O)O)c1cccs1. The first-order valence-electron chi connectivity index (χ1n) is 5.71. The summed E-state index contributed by atoms with van der Waals surface area (Å²) >= 11 is 1.41. The summed E-state index contributed by atoms with van der Waals surface area (Å²) in [5.41, 5.74) is 0. The zero-order valence-electron chi connectivity index (χ0n) is 10.1. The Labute approximate surface area is 109 Å². The molecule has 18 heavy (non-hydrogen) atoms. The van der Waals surface area contributed by atoms with Crippen molar-refractivity contribution in [2.24, 2.45) is 0 Å². The molecule has 3 N–H and O–H groups in total. The van der Waals surface area contributed by atoms with Crippen molar-refractivity contribution in [2.45, 2.75) is 38.3 Å². The predicted octanol–water partition coefficient (Wildman–Crippen LogP) is 1.54. The molecular formula is C12H17NO4S. The maximum atomic E-state index is 11.6. The molecule has 0 saturated heterocycles. The third-order valence-electron chi connectivity index (χ3n) is 2.39. The van der Waals surface area contributed by atoms with Gasteiger partial charge in [-0.25, -0.2) is 0 Å². The van der Waals surface area contributed by atoms with Crippen LogP contribution in [-0.2, 0) is 9.59 Å². The average Bonchev–Trinajstić information content (AvgIpc) is 2.78. The lowest BCUT2D eigenvalue weighted by Gasteiger charge is -2.15. The number of carbonyl (C=O) groups is 2. The van der Waals surface area contributed by atoms with Crippen LogP contribution in [0.3, 0.4) is 0 Å². The number of thiophene rings is 1. The van der Waals surface area contributed by atoms with E-state index >= 15 is 0 Å². The number of hydrogen-bond acceptors (Lipinski definition) is 4. The van der Waals surface area contributed by atoms with Crippen LogP contribution in [0, 0.1) is 0 Å². The van der Waals surface area contributed by atoms with Gasteiger partial charge in [-0.2, -0.15) is 0 Å². The van der Waals surface area contributed by atoms with Gasteiger partial charge in [-0.15, -0.1) is 11.3 Å². The Balaban J connectivity index is 2.56. The summed E-state index contributed by atoms with van der Waals surface area (Å²) in [6, 6.07) is 3.12. The Morgan fingerprint density at radius 2 is 2.22 bits per heavy atom. The molecule has 2 unspecified atom stereocenters. The molecule has 5 nitrogen and oxygen atoms in total. The fourth-order valence-corrected chi connectivity index (χ4v) is 2.27. The number of amides is 1. The quantitative estimate of drug-likeness (QED) is 0.702. The first kappa shape index (κ1) is 14.7. The number of nitrogens with one attached hydrogen (secondary N) is 1. The van der Waals surface area contributed by atoms with Crippen molar-refractivity contribution < 1.29 is 19.8 Å². The van der Waals surface area contributed by atoms with Crippen molar-refractivity contribution in [2.75, 3.05) is 0 Å². The Kier molecular flexibility index (Phi) is 5.80. The lowest BCUT2D eigenvalue weighted by Crippen LogP contribution is -2.30. The van der Waals surface area contributed by atoms with Gasteiger partial charge >= 0.3 is 5.97 Å². The van der Waals surface area contributed by atoms with E-state index < -0.39 is 18.1 Å². The molecule has 1 aromatic heterocycles. The van der Waals surface area contributed by atoms with E-state index in [0.29, 0.717) is 6.42 Å². The summed E-state index contributed by atoms with van der Waals surface area (Å²) < 4.78 is 0. The molecule has 6 heteroatoms. The lowest BCUT2D eigenvalue weighted by atomic mass is 10.1. The third-order valence-corrected chi connectivity index (χ3v) is 3.38. The molecule has 1 amide bonds. The standard InChI is InChI=1S/C12H17NO4S/c1-8(14)4-5-11(15)13-9(7-12(16)17)10-3-2-6-18-10/h2-3,6,8-9,14H,4-5,7H2,1H3,(H,13,15)(H,16,17). The Morgan fingerprint density at radius 1 is 1.50 bits per heavy atom. The smallest absolute Gasteiger partial charge is 0.305 e. The summed E-state index contributed by atoms with van der Waals surface area (Å²) in [5, 5.41) is 22.4. The monoisotopic (exact) mass is 271 g/mol. The number of hydrogen-bond donors (Lipinski definition) is 3. The van der Waals surface area contributed by atoms with E-state index in [1.165, 1.54) is 11.3 Å². The van der Waals surface area contributed by atoms with Crippen LogP contribution in [0.15, 0.2) is 17.5 Å². The molecule has 0 aliphatic carbocycles. The summed E-state index contributed by atoms with van der Waals surface area (Å²) in [4.78, 5) is 23.2. The molecule has 1 rings (SSSR count). The number of rotatable bonds is 7. The summed E-state index contributed by atoms with van der Waals surface area (Å²) in [6.07, 6.45) is -0.105. The van der Waals surface area contributed by atoms with Crippen LogP contribution in [0.25, 0.3) is 0 Å². The number of aliphatic hydroxyl groups excluding tert-OH is 1. The molecule has 2 atom stereocenters. The zero-order chi connectivity index (χ0) is 13.5. The topological polar surface area (TPSA) is 86.6 Å². The number of carboxylic acids is 1. The third kappa shape index (κ3) is 5.29. The van der Waals surface area contributed by atoms with Gasteiger partial charge in [0.1, 0.15) is 0 Å². The molecule has 0 aliphatic heterocycles. The summed E-state index contributed by atoms with van der Waals surface area (Å²) in [6.45, 7) is 1.61. The minimum atomic E-state index is -0.954. The maximum absolute atomic E-state index is 11.6. The van der Waals surface area contributed by atoms with Crippen molar-refractivity contribution in [1.82, 2.24) is 5.32 Å². The van der Waals surface area contributed by atoms with E-state index in [-0.39, 0.29) is 18.7 Å². The number of carbonyl (C=O) groups excluding carboxylic acids is 1. The van der Waals surface area contributed by atoms with Gasteiger partial charge in [0.05, 0.1) is 18.6 Å². The highest BCUT2D eigenvalue weighted by Crippen LogP contribution is 2.22. The molecule has 0 aromatic carbocycles. The lowest BCUT2D eigenvalue weighted by molar-refractivity contribution is -0.137. The molecule has 1 aromatic rings. The number of aliphatic hydroxyl groups is 1. The van der Waals surface area contributed by atoms with Gasteiger partial charge in [0.15, 0.2) is 0 Å². The van der Waals surface area contributed by atoms with Crippen LogP contribution in [-0.4, -0.2) is 28.2 Å². The van der Waals surface area contributed by atoms with E-state index in [0.717, 1.165) is 4.88 Å². The van der Waals surface area contributed by atoms with Gasteiger partial charge in [0.2, 0.25) is 5.91 Å². The highest BCUT2D eigenvalue weighted by Gasteiger charge is 2.18. The predicted molar refractivity (Wildman–Crippen MR) is 68.4 cm³/mol. The molecule has 0 spiro atoms. The van der Waals surface area contributed by atoms with Gasteiger partial charge in [0.25, 0.3) is 0 Å². The largest absolute Gasteiger partial charge is 0.481 e. The number of carboxylic acid groups (broad SMARTS) is 1. The van der Waals surface area contributed by atoms with Gasteiger partial charge in [0, 0.05) is 11.3 Å². The van der Waals surface area contributed by atoms with Gasteiger partial charge in [-0.3, -0.25) is 9.59 Å². The van der Waals surface area contributed by atoms with Crippen molar-refractivity contribution in [1.29, 1.82) is 0 Å². The second-order valence-electron chi connectivity index (χ2n) is 4.12. The summed E-state index contributed by atoms with van der Waals surface area (Å²) in [7, 11) is 0. The minimum Gasteiger partial charge on any atom is -0.481 e. The molecule has 0 fully saturated rings. The van der Waals surface area contributed by atoms with Crippen molar-refractivity contribution in [3.63, 3.8) is 0 Å². The van der Waals surface area contributed by atoms with Crippen molar-refractivity contribution in [3.05, 3.63) is 22.4 Å². The second-order valence-corrected chi connectivity index (χ2v) is 5.10. The fraction of sp³-hybridized carbons (Fsp3) is 0.500. The number of aliphatic carboxylic acids is 1. The highest BCUT2D eigenvalue weighted by atomic mass is 32.1. The molecular weight excluding hydrogens is 254 g/mol. The van der Waals surface area contributed by atoms with Crippen molar-refractivity contribution in [3.8, 4) is 0 Å². The van der Waals surface area contributed by atoms with Crippen LogP contribution in [0.1, 0.15) is 37.1 Å². The normalized spacial score (nSPS) is 13.9. The molecule has 0 bridgehead atoms. The molecule has 0 aliphatic rings. The summed E-state index contributed by atoms with van der Waals surface area (Å²) in [5.74, 6) is -1.19. The van der Waals surface area contributed by atoms with Crippen LogP contribution < -0.4 is 5.32 Å². The fourth-order valence-electron chi connectivity index (χ4n) is 1.49. The molecule has 0 saturated carbocycles. The van der Waals surface area contributed by atoms with Crippen LogP contribution >= 0.6 is 11.3 Å². The first-order chi connectivity index (χ1) is 8.49. The molecule has 100 valence electrons. The highest BCUT2D eigenvalue weighted by molar-refractivity contribution is 7.10. The van der Waals surface area contributed by atoms with Gasteiger partial charge in [-0.1, -0.05) is 6.07 Å². The molecule has 1 heterocycles. The van der Waals surface area contributed by atoms with Crippen LogP contribution in [0.5, 0.6) is 0 Å². The van der Waals surface area contributed by atoms with Crippen LogP contribution in [0.4, 0.5) is 0 Å². The van der Waals surface area contributed by atoms with Crippen LogP contribution in [0.2, 0.25) is 0 Å². The van der Waals surface area contributed by atoms with E-state index in [2.05, 4.69) is 5.32 Å². The minimum absolute atomic E-state index is 0.138. The zero-order valence-corrected chi connectivity index (χ0v) is 10.9. The van der Waals surface area contributed by atoms with Gasteiger partial charge in [-0.05, 0) is 24.8 Å². The second kappa shape index (κ2) is 7.13. The van der Waals surface area contributed by atoms with Gasteiger partial charge < -0.3 is 15.5 Å². The van der Waals surface area contributed by atoms with E-state index in [1.807, 2.05) is 11.4 Å². The molecule has 0 radical (unpaired) electrons. The van der Waals surface area contributed by atoms with Crippen molar-refractivity contribution >= 4 is 23.2 Å². The van der Waals surface area contributed by atoms with E-state index in [9.17, 15) is 9.59 Å². The Hall–Kier alpha value is -1.40. The average molecular weight is 271 g/mol. The first-order valence-corrected chi connectivity index (χ1v) is 6.59. The van der Waals surface area contributed by atoms with E-state index in [4.69, 9.17) is 10.2 Å². The Morgan fingerprint density at radius 3 is 2.72 bits per heavy atom. The maximum Gasteiger partial charge on any atom is 0.305 e. The van der Waals surface area contributed by atoms with E-state index in [1.54, 1.807) is 13.0 Å².